The third-order valence-electron chi connectivity index (χ3n) is 1.31. The van der Waals surface area contributed by atoms with Gasteiger partial charge in [-0.25, -0.2) is 9.97 Å². The van der Waals surface area contributed by atoms with Crippen molar-refractivity contribution in [3.8, 4) is 6.07 Å². The quantitative estimate of drug-likeness (QED) is 0.632. The van der Waals surface area contributed by atoms with E-state index in [1.807, 2.05) is 13.0 Å². The minimum Gasteiger partial charge on any atom is -0.241 e. The fourth-order valence-electron chi connectivity index (χ4n) is 0.789. The second-order valence-corrected chi connectivity index (χ2v) is 2.27. The first-order valence-corrected chi connectivity index (χ1v) is 3.48. The van der Waals surface area contributed by atoms with Gasteiger partial charge in [0.25, 0.3) is 0 Å². The Morgan fingerprint density at radius 2 is 2.45 bits per heavy atom. The maximum atomic E-state index is 8.29. The fourth-order valence-corrected chi connectivity index (χ4v) is 0.789. The lowest BCUT2D eigenvalue weighted by atomic mass is 10.3. The Bertz CT molecular complexity index is 275. The predicted molar refractivity (Wildman–Crippen MR) is 40.7 cm³/mol. The molecule has 1 heterocycles. The molecule has 0 saturated carbocycles. The van der Waals surface area contributed by atoms with Crippen LogP contribution in [0.4, 0.5) is 0 Å². The van der Waals surface area contributed by atoms with Gasteiger partial charge in [0.1, 0.15) is 5.82 Å². The van der Waals surface area contributed by atoms with Crippen molar-refractivity contribution in [2.75, 3.05) is 0 Å². The Labute approximate surface area is 65.7 Å². The number of rotatable bonds is 2. The Morgan fingerprint density at radius 1 is 1.64 bits per heavy atom. The number of aromatic nitrogens is 2. The second-order valence-electron chi connectivity index (χ2n) is 2.27. The Hall–Kier alpha value is -1.43. The first kappa shape index (κ1) is 7.67. The maximum Gasteiger partial charge on any atom is 0.129 e. The fraction of sp³-hybridized carbons (Fsp3) is 0.375. The van der Waals surface area contributed by atoms with E-state index in [-0.39, 0.29) is 0 Å². The average Bonchev–Trinajstić information content (AvgIpc) is 2.01. The summed E-state index contributed by atoms with van der Waals surface area (Å²) < 4.78 is 0. The minimum atomic E-state index is 0.490. The van der Waals surface area contributed by atoms with Gasteiger partial charge < -0.3 is 0 Å². The Kier molecular flexibility index (Phi) is 2.56. The molecule has 0 saturated heterocycles. The molecular formula is C8H9N3. The predicted octanol–water partition coefficient (Wildman–Crippen LogP) is 1.24. The van der Waals surface area contributed by atoms with Gasteiger partial charge in [-0.05, 0) is 13.0 Å². The van der Waals surface area contributed by atoms with E-state index in [0.717, 1.165) is 11.5 Å². The molecule has 0 aromatic carbocycles. The van der Waals surface area contributed by atoms with Crippen molar-refractivity contribution < 1.29 is 0 Å². The molecular weight excluding hydrogens is 138 g/mol. The highest BCUT2D eigenvalue weighted by Gasteiger charge is 1.94. The number of hydrogen-bond acceptors (Lipinski definition) is 3. The van der Waals surface area contributed by atoms with Gasteiger partial charge >= 0.3 is 0 Å². The normalized spacial score (nSPS) is 9.09. The molecule has 0 atom stereocenters. The monoisotopic (exact) mass is 147 g/mol. The number of aryl methyl sites for hydroxylation is 2. The van der Waals surface area contributed by atoms with Gasteiger partial charge in [0.05, 0.1) is 6.07 Å². The molecule has 3 nitrogen and oxygen atoms in total. The summed E-state index contributed by atoms with van der Waals surface area (Å²) in [5.74, 6) is 0.756. The Morgan fingerprint density at radius 3 is 3.09 bits per heavy atom. The van der Waals surface area contributed by atoms with Crippen molar-refractivity contribution in [1.29, 1.82) is 5.26 Å². The first-order chi connectivity index (χ1) is 5.33. The molecule has 3 heteroatoms. The lowest BCUT2D eigenvalue weighted by Crippen LogP contribution is -1.94. The van der Waals surface area contributed by atoms with E-state index in [1.54, 1.807) is 6.20 Å². The average molecular weight is 147 g/mol. The van der Waals surface area contributed by atoms with E-state index in [0.29, 0.717) is 12.8 Å². The summed E-state index contributed by atoms with van der Waals surface area (Å²) in [5.41, 5.74) is 0.952. The summed E-state index contributed by atoms with van der Waals surface area (Å²) in [6, 6.07) is 3.90. The van der Waals surface area contributed by atoms with Crippen molar-refractivity contribution in [2.45, 2.75) is 19.8 Å². The molecule has 0 aliphatic heterocycles. The SMILES string of the molecule is Cc1ccnc(CCC#N)n1. The van der Waals surface area contributed by atoms with Crippen LogP contribution in [-0.2, 0) is 6.42 Å². The molecule has 0 N–H and O–H groups in total. The topological polar surface area (TPSA) is 49.6 Å². The third kappa shape index (κ3) is 2.34. The smallest absolute Gasteiger partial charge is 0.129 e. The largest absolute Gasteiger partial charge is 0.241 e. The maximum absolute atomic E-state index is 8.29. The minimum absolute atomic E-state index is 0.490. The molecule has 1 aromatic heterocycles. The van der Waals surface area contributed by atoms with E-state index in [2.05, 4.69) is 16.0 Å². The molecule has 0 amide bonds. The van der Waals surface area contributed by atoms with Crippen LogP contribution in [0.3, 0.4) is 0 Å². The van der Waals surface area contributed by atoms with Gasteiger partial charge in [0.15, 0.2) is 0 Å². The van der Waals surface area contributed by atoms with Crippen LogP contribution in [0.5, 0.6) is 0 Å². The summed E-state index contributed by atoms with van der Waals surface area (Å²) in [5, 5.41) is 8.29. The molecule has 56 valence electrons. The number of hydrogen-bond donors (Lipinski definition) is 0. The molecule has 0 fully saturated rings. The second kappa shape index (κ2) is 3.67. The van der Waals surface area contributed by atoms with Gasteiger partial charge in [0, 0.05) is 24.7 Å². The van der Waals surface area contributed by atoms with Gasteiger partial charge in [-0.1, -0.05) is 0 Å². The zero-order valence-electron chi connectivity index (χ0n) is 6.41. The van der Waals surface area contributed by atoms with E-state index in [9.17, 15) is 0 Å². The van der Waals surface area contributed by atoms with Gasteiger partial charge in [-0.3, -0.25) is 0 Å². The lowest BCUT2D eigenvalue weighted by molar-refractivity contribution is 0.870. The summed E-state index contributed by atoms with van der Waals surface area (Å²) in [6.07, 6.45) is 2.86. The van der Waals surface area contributed by atoms with Crippen LogP contribution < -0.4 is 0 Å². The molecule has 0 spiro atoms. The number of nitriles is 1. The highest BCUT2D eigenvalue weighted by atomic mass is 14.9. The molecule has 0 unspecified atom stereocenters. The van der Waals surface area contributed by atoms with Crippen LogP contribution in [0.1, 0.15) is 17.9 Å². The van der Waals surface area contributed by atoms with Crippen LogP contribution in [0, 0.1) is 18.3 Å². The van der Waals surface area contributed by atoms with Gasteiger partial charge in [0.2, 0.25) is 0 Å². The van der Waals surface area contributed by atoms with E-state index in [4.69, 9.17) is 5.26 Å². The third-order valence-corrected chi connectivity index (χ3v) is 1.31. The van der Waals surface area contributed by atoms with Crippen molar-refractivity contribution >= 4 is 0 Å². The lowest BCUT2D eigenvalue weighted by Gasteiger charge is -1.95. The summed E-state index contributed by atoms with van der Waals surface area (Å²) in [4.78, 5) is 8.16. The van der Waals surface area contributed by atoms with Crippen LogP contribution in [-0.4, -0.2) is 9.97 Å². The van der Waals surface area contributed by atoms with Crippen LogP contribution in [0.2, 0.25) is 0 Å². The molecule has 0 aliphatic rings. The molecule has 0 radical (unpaired) electrons. The van der Waals surface area contributed by atoms with Crippen LogP contribution in [0.25, 0.3) is 0 Å². The van der Waals surface area contributed by atoms with Crippen molar-refractivity contribution in [1.82, 2.24) is 9.97 Å². The van der Waals surface area contributed by atoms with Crippen molar-refractivity contribution in [2.24, 2.45) is 0 Å². The van der Waals surface area contributed by atoms with Crippen LogP contribution >= 0.6 is 0 Å². The van der Waals surface area contributed by atoms with Gasteiger partial charge in [-0.2, -0.15) is 5.26 Å². The Balaban J connectivity index is 2.65. The van der Waals surface area contributed by atoms with E-state index in [1.165, 1.54) is 0 Å². The van der Waals surface area contributed by atoms with E-state index >= 15 is 0 Å². The highest BCUT2D eigenvalue weighted by molar-refractivity contribution is 5.00. The molecule has 11 heavy (non-hydrogen) atoms. The molecule has 0 bridgehead atoms. The molecule has 0 aliphatic carbocycles. The summed E-state index contributed by atoms with van der Waals surface area (Å²) in [6.45, 7) is 1.91. The number of nitrogens with zero attached hydrogens (tertiary/aromatic N) is 3. The first-order valence-electron chi connectivity index (χ1n) is 3.48. The van der Waals surface area contributed by atoms with Crippen molar-refractivity contribution in [3.05, 3.63) is 23.8 Å². The zero-order valence-corrected chi connectivity index (χ0v) is 6.41. The molecule has 1 rings (SSSR count). The standard InChI is InChI=1S/C8H9N3/c1-7-4-6-10-8(11-7)3-2-5-9/h4,6H,2-3H2,1H3. The van der Waals surface area contributed by atoms with Crippen molar-refractivity contribution in [3.63, 3.8) is 0 Å². The summed E-state index contributed by atoms with van der Waals surface area (Å²) in [7, 11) is 0. The van der Waals surface area contributed by atoms with Crippen LogP contribution in [0.15, 0.2) is 12.3 Å². The van der Waals surface area contributed by atoms with E-state index < -0.39 is 0 Å². The molecule has 1 aromatic rings. The highest BCUT2D eigenvalue weighted by Crippen LogP contribution is 1.96. The zero-order chi connectivity index (χ0) is 8.10. The van der Waals surface area contributed by atoms with Gasteiger partial charge in [-0.15, -0.1) is 0 Å². The summed E-state index contributed by atoms with van der Waals surface area (Å²) >= 11 is 0.